The number of anilines is 1. The molecule has 7 nitrogen and oxygen atoms in total. The van der Waals surface area contributed by atoms with Crippen LogP contribution in [0, 0.1) is 0 Å². The molecule has 0 aliphatic rings. The number of nitrogen functional groups attached to an aromatic ring is 1. The molecule has 0 saturated carbocycles. The normalized spacial score (nSPS) is 12.0. The van der Waals surface area contributed by atoms with Crippen molar-refractivity contribution in [2.45, 2.75) is 59.5 Å². The molecule has 2 aromatic rings. The summed E-state index contributed by atoms with van der Waals surface area (Å²) in [7, 11) is 0. The van der Waals surface area contributed by atoms with E-state index in [-0.39, 0.29) is 34.1 Å². The predicted octanol–water partition coefficient (Wildman–Crippen LogP) is 3.85. The van der Waals surface area contributed by atoms with Gasteiger partial charge in [0.05, 0.1) is 17.2 Å². The van der Waals surface area contributed by atoms with Crippen molar-refractivity contribution >= 4 is 28.4 Å². The van der Waals surface area contributed by atoms with Gasteiger partial charge in [0.25, 0.3) is 0 Å². The molecule has 27 heavy (non-hydrogen) atoms. The molecule has 1 heterocycles. The number of hydrogen-bond donors (Lipinski definition) is 1. The maximum Gasteiger partial charge on any atom is 0.349 e. The second kappa shape index (κ2) is 8.70. The fourth-order valence-electron chi connectivity index (χ4n) is 2.91. The van der Waals surface area contributed by atoms with Crippen LogP contribution in [-0.2, 0) is 4.79 Å². The maximum absolute atomic E-state index is 12.1. The van der Waals surface area contributed by atoms with Crippen molar-refractivity contribution in [1.29, 1.82) is 0 Å². The van der Waals surface area contributed by atoms with Crippen molar-refractivity contribution < 1.29 is 23.5 Å². The van der Waals surface area contributed by atoms with Crippen molar-refractivity contribution in [3.8, 4) is 11.5 Å². The van der Waals surface area contributed by atoms with Crippen LogP contribution in [-0.4, -0.2) is 17.9 Å². The summed E-state index contributed by atoms with van der Waals surface area (Å²) in [6, 6.07) is 3.03. The fraction of sp³-hybridized carbons (Fsp3) is 0.450. The highest BCUT2D eigenvalue weighted by atomic mass is 16.5. The van der Waals surface area contributed by atoms with Crippen LogP contribution < -0.4 is 20.8 Å². The van der Waals surface area contributed by atoms with Gasteiger partial charge in [-0.2, -0.15) is 0 Å². The zero-order chi connectivity index (χ0) is 20.1. The van der Waals surface area contributed by atoms with Crippen molar-refractivity contribution in [2.24, 2.45) is 0 Å². The highest BCUT2D eigenvalue weighted by Gasteiger charge is 2.21. The predicted molar refractivity (Wildman–Crippen MR) is 102 cm³/mol. The number of benzene rings is 1. The van der Waals surface area contributed by atoms with Crippen molar-refractivity contribution in [1.82, 2.24) is 0 Å². The van der Waals surface area contributed by atoms with Gasteiger partial charge < -0.3 is 19.6 Å². The number of unbranched alkanes of at least 4 members (excludes halogenated alkanes) is 2. The highest BCUT2D eigenvalue weighted by Crippen LogP contribution is 2.36. The summed E-state index contributed by atoms with van der Waals surface area (Å²) >= 11 is 0. The van der Waals surface area contributed by atoms with Crippen molar-refractivity contribution in [3.05, 3.63) is 28.1 Å². The topological polar surface area (TPSA) is 109 Å². The summed E-state index contributed by atoms with van der Waals surface area (Å²) in [5.74, 6) is -0.624. The molecule has 0 aliphatic carbocycles. The Labute approximate surface area is 157 Å². The molecular formula is C20H25NO6. The Morgan fingerprint density at radius 2 is 1.93 bits per heavy atom. The summed E-state index contributed by atoms with van der Waals surface area (Å²) < 4.78 is 16.4. The molecule has 0 fully saturated rings. The SMILES string of the molecule is CCCCCC(C)Oc1cc(OC(C)=O)c2c(N)c(C(C)=O)c(=O)oc2c1. The number of hydrogen-bond acceptors (Lipinski definition) is 7. The third-order valence-corrected chi connectivity index (χ3v) is 4.14. The van der Waals surface area contributed by atoms with Crippen LogP contribution in [0.3, 0.4) is 0 Å². The van der Waals surface area contributed by atoms with E-state index in [2.05, 4.69) is 6.92 Å². The molecule has 0 saturated heterocycles. The molecule has 1 atom stereocenters. The van der Waals surface area contributed by atoms with Gasteiger partial charge in [0.1, 0.15) is 22.6 Å². The van der Waals surface area contributed by atoms with Crippen LogP contribution in [0.25, 0.3) is 11.0 Å². The zero-order valence-electron chi connectivity index (χ0n) is 16.1. The second-order valence-corrected chi connectivity index (χ2v) is 6.55. The van der Waals surface area contributed by atoms with Gasteiger partial charge in [-0.05, 0) is 26.7 Å². The van der Waals surface area contributed by atoms with E-state index in [0.717, 1.165) is 25.7 Å². The average Bonchev–Trinajstić information content (AvgIpc) is 2.53. The number of fused-ring (bicyclic) bond motifs is 1. The molecule has 2 N–H and O–H groups in total. The van der Waals surface area contributed by atoms with Gasteiger partial charge in [-0.3, -0.25) is 9.59 Å². The van der Waals surface area contributed by atoms with E-state index in [4.69, 9.17) is 19.6 Å². The Morgan fingerprint density at radius 3 is 2.52 bits per heavy atom. The summed E-state index contributed by atoms with van der Waals surface area (Å²) in [5, 5.41) is 0.195. The Balaban J connectivity index is 2.53. The first-order valence-electron chi connectivity index (χ1n) is 9.00. The molecule has 146 valence electrons. The summed E-state index contributed by atoms with van der Waals surface area (Å²) in [6.45, 7) is 6.53. The standard InChI is InChI=1S/C20H25NO6/c1-5-6-7-8-11(2)25-14-9-15(26-13(4)23)18-16(10-14)27-20(24)17(12(3)22)19(18)21/h9-11H,5-8,21H2,1-4H3. The van der Waals surface area contributed by atoms with Crippen LogP contribution in [0.5, 0.6) is 11.5 Å². The fourth-order valence-corrected chi connectivity index (χ4v) is 2.91. The van der Waals surface area contributed by atoms with E-state index < -0.39 is 17.4 Å². The van der Waals surface area contributed by atoms with Gasteiger partial charge in [0, 0.05) is 19.1 Å². The van der Waals surface area contributed by atoms with E-state index in [1.807, 2.05) is 6.92 Å². The third kappa shape index (κ3) is 4.87. The lowest BCUT2D eigenvalue weighted by Crippen LogP contribution is -2.16. The quantitative estimate of drug-likeness (QED) is 0.245. The molecule has 1 aromatic carbocycles. The molecule has 0 spiro atoms. The molecule has 2 rings (SSSR count). The van der Waals surface area contributed by atoms with Gasteiger partial charge in [0.2, 0.25) is 0 Å². The Morgan fingerprint density at radius 1 is 1.22 bits per heavy atom. The number of esters is 1. The number of carbonyl (C=O) groups is 2. The van der Waals surface area contributed by atoms with E-state index in [1.54, 1.807) is 0 Å². The number of ether oxygens (including phenoxy) is 2. The molecule has 7 heteroatoms. The first kappa shape index (κ1) is 20.5. The number of nitrogens with two attached hydrogens (primary N) is 1. The molecule has 0 radical (unpaired) electrons. The van der Waals surface area contributed by atoms with Gasteiger partial charge in [0.15, 0.2) is 5.78 Å². The van der Waals surface area contributed by atoms with Crippen molar-refractivity contribution in [2.75, 3.05) is 5.73 Å². The minimum atomic E-state index is -0.839. The molecule has 0 aliphatic heterocycles. The van der Waals surface area contributed by atoms with Crippen LogP contribution in [0.4, 0.5) is 5.69 Å². The number of Topliss-reactive ketones (excluding diaryl/α,β-unsaturated/α-hetero) is 1. The van der Waals surface area contributed by atoms with E-state index in [9.17, 15) is 14.4 Å². The summed E-state index contributed by atoms with van der Waals surface area (Å²) in [4.78, 5) is 35.3. The molecule has 1 aromatic heterocycles. The van der Waals surface area contributed by atoms with Gasteiger partial charge in [-0.15, -0.1) is 0 Å². The lowest BCUT2D eigenvalue weighted by atomic mass is 10.1. The molecule has 0 amide bonds. The summed E-state index contributed by atoms with van der Waals surface area (Å²) in [5.41, 5.74) is 4.93. The van der Waals surface area contributed by atoms with Crippen LogP contribution in [0.1, 0.15) is 63.7 Å². The highest BCUT2D eigenvalue weighted by molar-refractivity contribution is 6.07. The van der Waals surface area contributed by atoms with Crippen LogP contribution in [0.2, 0.25) is 0 Å². The zero-order valence-corrected chi connectivity index (χ0v) is 16.1. The minimum absolute atomic E-state index is 0.0697. The smallest absolute Gasteiger partial charge is 0.349 e. The molecule has 0 bridgehead atoms. The first-order valence-corrected chi connectivity index (χ1v) is 9.00. The summed E-state index contributed by atoms with van der Waals surface area (Å²) in [6.07, 6.45) is 4.06. The lowest BCUT2D eigenvalue weighted by Gasteiger charge is -2.17. The molecular weight excluding hydrogens is 350 g/mol. The van der Waals surface area contributed by atoms with Crippen molar-refractivity contribution in [3.63, 3.8) is 0 Å². The second-order valence-electron chi connectivity index (χ2n) is 6.55. The lowest BCUT2D eigenvalue weighted by molar-refractivity contribution is -0.131. The van der Waals surface area contributed by atoms with Gasteiger partial charge >= 0.3 is 11.6 Å². The van der Waals surface area contributed by atoms with Crippen LogP contribution >= 0.6 is 0 Å². The Hall–Kier alpha value is -2.83. The number of rotatable bonds is 8. The van der Waals surface area contributed by atoms with E-state index in [1.165, 1.54) is 26.0 Å². The molecule has 1 unspecified atom stereocenters. The third-order valence-electron chi connectivity index (χ3n) is 4.14. The monoisotopic (exact) mass is 375 g/mol. The number of ketones is 1. The van der Waals surface area contributed by atoms with E-state index >= 15 is 0 Å². The van der Waals surface area contributed by atoms with E-state index in [0.29, 0.717) is 5.75 Å². The van der Waals surface area contributed by atoms with Gasteiger partial charge in [-0.25, -0.2) is 4.79 Å². The largest absolute Gasteiger partial charge is 0.490 e. The van der Waals surface area contributed by atoms with Crippen LogP contribution in [0.15, 0.2) is 21.3 Å². The first-order chi connectivity index (χ1) is 12.7. The minimum Gasteiger partial charge on any atom is -0.490 e. The maximum atomic E-state index is 12.1. The Kier molecular flexibility index (Phi) is 6.60. The van der Waals surface area contributed by atoms with Gasteiger partial charge in [-0.1, -0.05) is 19.8 Å². The Bertz CT molecular complexity index is 915. The average molecular weight is 375 g/mol. The number of carbonyl (C=O) groups excluding carboxylic acids is 2.